The monoisotopic (exact) mass is 392 g/mol. The van der Waals surface area contributed by atoms with Crippen molar-refractivity contribution < 1.29 is 22.3 Å². The molecule has 0 aliphatic carbocycles. The van der Waals surface area contributed by atoms with E-state index < -0.39 is 21.7 Å². The predicted octanol–water partition coefficient (Wildman–Crippen LogP) is 3.17. The summed E-state index contributed by atoms with van der Waals surface area (Å²) in [6.45, 7) is 3.42. The fourth-order valence-corrected chi connectivity index (χ4v) is 3.74. The fourth-order valence-electron chi connectivity index (χ4n) is 2.29. The number of anilines is 1. The summed E-state index contributed by atoms with van der Waals surface area (Å²) in [7, 11) is -2.40. The molecule has 2 aromatic rings. The second-order valence-electron chi connectivity index (χ2n) is 5.99. The van der Waals surface area contributed by atoms with Crippen LogP contribution in [0.2, 0.25) is 0 Å². The number of carbonyl (C=O) groups is 1. The molecule has 2 rings (SSSR count). The highest BCUT2D eigenvalue weighted by molar-refractivity contribution is 7.89. The van der Waals surface area contributed by atoms with E-state index in [9.17, 15) is 17.6 Å². The molecule has 0 bridgehead atoms. The summed E-state index contributed by atoms with van der Waals surface area (Å²) < 4.78 is 46.1. The summed E-state index contributed by atoms with van der Waals surface area (Å²) in [5.41, 5.74) is 0.537. The number of para-hydroxylation sites is 1. The molecule has 0 aromatic heterocycles. The van der Waals surface area contributed by atoms with Crippen LogP contribution in [0.3, 0.4) is 0 Å². The SMILES string of the molecule is COc1ccc(/C=C/C(=O)Nc2ccccc2F)cc1S(=O)(=O)NC(C)C. The number of hydrogen-bond donors (Lipinski definition) is 2. The molecule has 2 aromatic carbocycles. The Kier molecular flexibility index (Phi) is 6.70. The molecule has 0 fully saturated rings. The van der Waals surface area contributed by atoms with Gasteiger partial charge >= 0.3 is 0 Å². The number of methoxy groups -OCH3 is 1. The van der Waals surface area contributed by atoms with Gasteiger partial charge in [0.2, 0.25) is 15.9 Å². The molecule has 2 N–H and O–H groups in total. The van der Waals surface area contributed by atoms with E-state index in [-0.39, 0.29) is 22.4 Å². The number of ether oxygens (including phenoxy) is 1. The minimum Gasteiger partial charge on any atom is -0.495 e. The Morgan fingerprint density at radius 1 is 1.19 bits per heavy atom. The van der Waals surface area contributed by atoms with Crippen molar-refractivity contribution in [2.75, 3.05) is 12.4 Å². The molecule has 0 saturated carbocycles. The topological polar surface area (TPSA) is 84.5 Å². The van der Waals surface area contributed by atoms with E-state index in [1.807, 2.05) is 0 Å². The number of nitrogens with one attached hydrogen (secondary N) is 2. The number of sulfonamides is 1. The van der Waals surface area contributed by atoms with Crippen molar-refractivity contribution >= 4 is 27.7 Å². The predicted molar refractivity (Wildman–Crippen MR) is 103 cm³/mol. The highest BCUT2D eigenvalue weighted by atomic mass is 32.2. The van der Waals surface area contributed by atoms with Gasteiger partial charge in [0.1, 0.15) is 16.5 Å². The van der Waals surface area contributed by atoms with Gasteiger partial charge in [-0.05, 0) is 49.8 Å². The van der Waals surface area contributed by atoms with Gasteiger partial charge in [-0.3, -0.25) is 4.79 Å². The summed E-state index contributed by atoms with van der Waals surface area (Å²) in [4.78, 5) is 11.9. The van der Waals surface area contributed by atoms with E-state index in [0.717, 1.165) is 0 Å². The van der Waals surface area contributed by atoms with Crippen molar-refractivity contribution in [3.8, 4) is 5.75 Å². The lowest BCUT2D eigenvalue weighted by Crippen LogP contribution is -2.30. The number of amides is 1. The Balaban J connectivity index is 2.24. The molecule has 6 nitrogen and oxygen atoms in total. The quantitative estimate of drug-likeness (QED) is 0.709. The molecule has 27 heavy (non-hydrogen) atoms. The van der Waals surface area contributed by atoms with Gasteiger partial charge < -0.3 is 10.1 Å². The van der Waals surface area contributed by atoms with Crippen LogP contribution >= 0.6 is 0 Å². The number of carbonyl (C=O) groups excluding carboxylic acids is 1. The van der Waals surface area contributed by atoms with Crippen molar-refractivity contribution in [2.45, 2.75) is 24.8 Å². The normalized spacial score (nSPS) is 11.7. The first kappa shape index (κ1) is 20.6. The van der Waals surface area contributed by atoms with Crippen molar-refractivity contribution in [3.63, 3.8) is 0 Å². The van der Waals surface area contributed by atoms with Crippen LogP contribution in [0.15, 0.2) is 53.4 Å². The van der Waals surface area contributed by atoms with Crippen LogP contribution in [0.1, 0.15) is 19.4 Å². The van der Waals surface area contributed by atoms with Crippen molar-refractivity contribution in [2.24, 2.45) is 0 Å². The van der Waals surface area contributed by atoms with Gasteiger partial charge in [0.15, 0.2) is 0 Å². The van der Waals surface area contributed by atoms with Gasteiger partial charge in [-0.25, -0.2) is 17.5 Å². The molecule has 0 aliphatic heterocycles. The second kappa shape index (κ2) is 8.79. The van der Waals surface area contributed by atoms with E-state index >= 15 is 0 Å². The van der Waals surface area contributed by atoms with E-state index in [1.165, 1.54) is 49.6 Å². The number of halogens is 1. The molecule has 0 aliphatic rings. The van der Waals surface area contributed by atoms with Crippen molar-refractivity contribution in [1.82, 2.24) is 4.72 Å². The summed E-state index contributed by atoms with van der Waals surface area (Å²) in [6, 6.07) is 10.0. The lowest BCUT2D eigenvalue weighted by molar-refractivity contribution is -0.111. The first-order chi connectivity index (χ1) is 12.7. The zero-order valence-electron chi connectivity index (χ0n) is 15.2. The fraction of sp³-hybridized carbons (Fsp3) is 0.211. The van der Waals surface area contributed by atoms with Gasteiger partial charge in [-0.15, -0.1) is 0 Å². The average molecular weight is 392 g/mol. The van der Waals surface area contributed by atoms with Crippen LogP contribution in [0.4, 0.5) is 10.1 Å². The Labute approximate surface area is 158 Å². The van der Waals surface area contributed by atoms with E-state index in [2.05, 4.69) is 10.0 Å². The number of benzene rings is 2. The van der Waals surface area contributed by atoms with Gasteiger partial charge in [0.25, 0.3) is 0 Å². The molecule has 144 valence electrons. The average Bonchev–Trinajstić information content (AvgIpc) is 2.60. The van der Waals surface area contributed by atoms with Crippen LogP contribution in [-0.2, 0) is 14.8 Å². The Morgan fingerprint density at radius 2 is 1.89 bits per heavy atom. The van der Waals surface area contributed by atoms with Crippen molar-refractivity contribution in [3.05, 3.63) is 59.9 Å². The maximum Gasteiger partial charge on any atom is 0.248 e. The maximum atomic E-state index is 13.6. The molecule has 0 unspecified atom stereocenters. The first-order valence-electron chi connectivity index (χ1n) is 8.17. The third-order valence-corrected chi connectivity index (χ3v) is 5.11. The van der Waals surface area contributed by atoms with Crippen LogP contribution in [0.5, 0.6) is 5.75 Å². The molecular formula is C19H21FN2O4S. The standard InChI is InChI=1S/C19H21FN2O4S/c1-13(2)22-27(24,25)18-12-14(8-10-17(18)26-3)9-11-19(23)21-16-7-5-4-6-15(16)20/h4-13,22H,1-3H3,(H,21,23)/b11-9+. The highest BCUT2D eigenvalue weighted by Crippen LogP contribution is 2.25. The summed E-state index contributed by atoms with van der Waals surface area (Å²) in [5, 5.41) is 2.42. The molecule has 0 heterocycles. The minimum atomic E-state index is -3.78. The van der Waals surface area contributed by atoms with Crippen LogP contribution in [0.25, 0.3) is 6.08 Å². The zero-order chi connectivity index (χ0) is 20.0. The van der Waals surface area contributed by atoms with Gasteiger partial charge in [-0.1, -0.05) is 18.2 Å². The summed E-state index contributed by atoms with van der Waals surface area (Å²) >= 11 is 0. The van der Waals surface area contributed by atoms with E-state index in [0.29, 0.717) is 5.56 Å². The molecular weight excluding hydrogens is 371 g/mol. The Bertz CT molecular complexity index is 956. The van der Waals surface area contributed by atoms with E-state index in [4.69, 9.17) is 4.74 Å². The Hall–Kier alpha value is -2.71. The van der Waals surface area contributed by atoms with E-state index in [1.54, 1.807) is 26.0 Å². The van der Waals surface area contributed by atoms with Gasteiger partial charge in [-0.2, -0.15) is 0 Å². The third-order valence-electron chi connectivity index (χ3n) is 3.43. The number of rotatable bonds is 7. The van der Waals surface area contributed by atoms with Crippen LogP contribution in [0, 0.1) is 5.82 Å². The first-order valence-corrected chi connectivity index (χ1v) is 9.65. The third kappa shape index (κ3) is 5.63. The second-order valence-corrected chi connectivity index (χ2v) is 7.67. The van der Waals surface area contributed by atoms with Crippen LogP contribution in [-0.4, -0.2) is 27.5 Å². The lowest BCUT2D eigenvalue weighted by atomic mass is 10.2. The van der Waals surface area contributed by atoms with Crippen LogP contribution < -0.4 is 14.8 Å². The lowest BCUT2D eigenvalue weighted by Gasteiger charge is -2.13. The van der Waals surface area contributed by atoms with Crippen molar-refractivity contribution in [1.29, 1.82) is 0 Å². The molecule has 8 heteroatoms. The molecule has 1 amide bonds. The zero-order valence-corrected chi connectivity index (χ0v) is 16.0. The number of hydrogen-bond acceptors (Lipinski definition) is 4. The molecule has 0 radical (unpaired) electrons. The molecule has 0 atom stereocenters. The molecule has 0 spiro atoms. The van der Waals surface area contributed by atoms with Gasteiger partial charge in [0, 0.05) is 12.1 Å². The minimum absolute atomic E-state index is 0.0321. The summed E-state index contributed by atoms with van der Waals surface area (Å²) in [6.07, 6.45) is 2.63. The Morgan fingerprint density at radius 3 is 2.52 bits per heavy atom. The highest BCUT2D eigenvalue weighted by Gasteiger charge is 2.20. The summed E-state index contributed by atoms with van der Waals surface area (Å²) in [5.74, 6) is -0.895. The van der Waals surface area contributed by atoms with Gasteiger partial charge in [0.05, 0.1) is 12.8 Å². The molecule has 0 saturated heterocycles. The smallest absolute Gasteiger partial charge is 0.248 e. The maximum absolute atomic E-state index is 13.6. The largest absolute Gasteiger partial charge is 0.495 e.